The molecule has 1 aliphatic carbocycles. The van der Waals surface area contributed by atoms with E-state index < -0.39 is 5.97 Å². The second-order valence-electron chi connectivity index (χ2n) is 5.03. The highest BCUT2D eigenvalue weighted by atomic mass is 16.5. The largest absolute Gasteiger partial charge is 0.476 e. The Morgan fingerprint density at radius 2 is 2.32 bits per heavy atom. The molecule has 0 aliphatic heterocycles. The first-order chi connectivity index (χ1) is 9.20. The molecule has 1 aromatic heterocycles. The van der Waals surface area contributed by atoms with E-state index in [1.165, 1.54) is 30.1 Å². The summed E-state index contributed by atoms with van der Waals surface area (Å²) in [4.78, 5) is 10.7. The Morgan fingerprint density at radius 1 is 1.53 bits per heavy atom. The molecule has 1 fully saturated rings. The molecule has 1 heterocycles. The third-order valence-electron chi connectivity index (χ3n) is 3.77. The van der Waals surface area contributed by atoms with Crippen LogP contribution in [-0.2, 0) is 11.3 Å². The maximum atomic E-state index is 10.7. The van der Waals surface area contributed by atoms with Gasteiger partial charge in [0.15, 0.2) is 5.69 Å². The van der Waals surface area contributed by atoms with Crippen LogP contribution in [0.5, 0.6) is 0 Å². The summed E-state index contributed by atoms with van der Waals surface area (Å²) in [5.41, 5.74) is -0.0240. The average molecular weight is 267 g/mol. The van der Waals surface area contributed by atoms with Crippen molar-refractivity contribution in [2.24, 2.45) is 5.92 Å². The smallest absolute Gasteiger partial charge is 0.358 e. The predicted octanol–water partition coefficient (Wildman–Crippen LogP) is 1.96. The minimum absolute atomic E-state index is 0.0240. The summed E-state index contributed by atoms with van der Waals surface area (Å²) < 4.78 is 7.45. The van der Waals surface area contributed by atoms with Crippen LogP contribution in [0.1, 0.15) is 49.5 Å². The Labute approximate surface area is 112 Å². The molecule has 0 saturated heterocycles. The number of carbonyl (C=O) groups is 1. The highest BCUT2D eigenvalue weighted by Gasteiger charge is 2.24. The van der Waals surface area contributed by atoms with Crippen molar-refractivity contribution in [3.8, 4) is 0 Å². The number of carboxylic acids is 1. The molecule has 0 spiro atoms. The van der Waals surface area contributed by atoms with Crippen LogP contribution < -0.4 is 0 Å². The number of ether oxygens (including phenoxy) is 1. The summed E-state index contributed by atoms with van der Waals surface area (Å²) in [6.07, 6.45) is 7.89. The summed E-state index contributed by atoms with van der Waals surface area (Å²) >= 11 is 0. The van der Waals surface area contributed by atoms with Crippen molar-refractivity contribution in [3.05, 3.63) is 11.9 Å². The van der Waals surface area contributed by atoms with Gasteiger partial charge in [0, 0.05) is 0 Å². The lowest BCUT2D eigenvalue weighted by molar-refractivity contribution is -0.0162. The van der Waals surface area contributed by atoms with E-state index in [0.29, 0.717) is 25.2 Å². The maximum absolute atomic E-state index is 10.7. The SMILES string of the molecule is CCC1CCCCC1OCCn1cc(C(=O)O)nn1. The van der Waals surface area contributed by atoms with E-state index in [1.54, 1.807) is 0 Å². The molecular weight excluding hydrogens is 246 g/mol. The van der Waals surface area contributed by atoms with Gasteiger partial charge >= 0.3 is 5.97 Å². The van der Waals surface area contributed by atoms with E-state index in [2.05, 4.69) is 17.2 Å². The number of aromatic carboxylic acids is 1. The normalized spacial score (nSPS) is 23.4. The van der Waals surface area contributed by atoms with E-state index in [0.717, 1.165) is 12.8 Å². The van der Waals surface area contributed by atoms with Gasteiger partial charge in [-0.3, -0.25) is 0 Å². The van der Waals surface area contributed by atoms with Crippen molar-refractivity contribution in [1.82, 2.24) is 15.0 Å². The van der Waals surface area contributed by atoms with E-state index in [4.69, 9.17) is 9.84 Å². The Kier molecular flexibility index (Phi) is 4.90. The third-order valence-corrected chi connectivity index (χ3v) is 3.77. The summed E-state index contributed by atoms with van der Waals surface area (Å²) in [6, 6.07) is 0. The molecule has 2 unspecified atom stereocenters. The van der Waals surface area contributed by atoms with Gasteiger partial charge in [-0.1, -0.05) is 31.4 Å². The lowest BCUT2D eigenvalue weighted by Crippen LogP contribution is -2.28. The van der Waals surface area contributed by atoms with Gasteiger partial charge in [-0.2, -0.15) is 0 Å². The van der Waals surface area contributed by atoms with Crippen molar-refractivity contribution in [3.63, 3.8) is 0 Å². The number of nitrogens with zero attached hydrogens (tertiary/aromatic N) is 3. The molecule has 2 atom stereocenters. The summed E-state index contributed by atoms with van der Waals surface area (Å²) in [6.45, 7) is 3.32. The fraction of sp³-hybridized carbons (Fsp3) is 0.769. The summed E-state index contributed by atoms with van der Waals surface area (Å²) in [5.74, 6) is -0.385. The first kappa shape index (κ1) is 14.0. The zero-order chi connectivity index (χ0) is 13.7. The summed E-state index contributed by atoms with van der Waals surface area (Å²) in [5, 5.41) is 16.1. The minimum atomic E-state index is -1.05. The molecule has 0 radical (unpaired) electrons. The first-order valence-corrected chi connectivity index (χ1v) is 6.95. The molecule has 1 saturated carbocycles. The average Bonchev–Trinajstić information content (AvgIpc) is 2.88. The molecule has 2 rings (SSSR count). The van der Waals surface area contributed by atoms with Gasteiger partial charge < -0.3 is 9.84 Å². The molecule has 6 heteroatoms. The van der Waals surface area contributed by atoms with Gasteiger partial charge in [-0.05, 0) is 18.8 Å². The van der Waals surface area contributed by atoms with Crippen LogP contribution in [0.4, 0.5) is 0 Å². The topological polar surface area (TPSA) is 77.2 Å². The van der Waals surface area contributed by atoms with Gasteiger partial charge in [-0.15, -0.1) is 5.10 Å². The standard InChI is InChI=1S/C13H21N3O3/c1-2-10-5-3-4-6-12(10)19-8-7-16-9-11(13(17)18)14-15-16/h9-10,12H,2-8H2,1H3,(H,17,18). The molecule has 1 N–H and O–H groups in total. The molecule has 6 nitrogen and oxygen atoms in total. The highest BCUT2D eigenvalue weighted by Crippen LogP contribution is 2.28. The predicted molar refractivity (Wildman–Crippen MR) is 69.0 cm³/mol. The number of aromatic nitrogens is 3. The highest BCUT2D eigenvalue weighted by molar-refractivity contribution is 5.84. The van der Waals surface area contributed by atoms with Gasteiger partial charge in [0.2, 0.25) is 0 Å². The van der Waals surface area contributed by atoms with Crippen LogP contribution in [0.2, 0.25) is 0 Å². The van der Waals surface area contributed by atoms with Crippen molar-refractivity contribution in [1.29, 1.82) is 0 Å². The Balaban J connectivity index is 1.77. The van der Waals surface area contributed by atoms with Gasteiger partial charge in [-0.25, -0.2) is 9.48 Å². The number of hydrogen-bond donors (Lipinski definition) is 1. The third kappa shape index (κ3) is 3.76. The van der Waals surface area contributed by atoms with Crippen molar-refractivity contribution in [2.75, 3.05) is 6.61 Å². The Hall–Kier alpha value is -1.43. The van der Waals surface area contributed by atoms with E-state index in [9.17, 15) is 4.79 Å². The fourth-order valence-electron chi connectivity index (χ4n) is 2.66. The van der Waals surface area contributed by atoms with E-state index in [-0.39, 0.29) is 5.69 Å². The molecule has 1 aromatic rings. The van der Waals surface area contributed by atoms with E-state index >= 15 is 0 Å². The quantitative estimate of drug-likeness (QED) is 0.852. The molecule has 0 aromatic carbocycles. The molecule has 106 valence electrons. The Bertz CT molecular complexity index is 419. The first-order valence-electron chi connectivity index (χ1n) is 6.95. The lowest BCUT2D eigenvalue weighted by Gasteiger charge is -2.30. The summed E-state index contributed by atoms with van der Waals surface area (Å²) in [7, 11) is 0. The zero-order valence-electron chi connectivity index (χ0n) is 11.3. The van der Waals surface area contributed by atoms with Gasteiger partial charge in [0.25, 0.3) is 0 Å². The van der Waals surface area contributed by atoms with Gasteiger partial charge in [0.1, 0.15) is 0 Å². The van der Waals surface area contributed by atoms with Crippen LogP contribution in [0.3, 0.4) is 0 Å². The molecule has 19 heavy (non-hydrogen) atoms. The maximum Gasteiger partial charge on any atom is 0.358 e. The number of hydrogen-bond acceptors (Lipinski definition) is 4. The molecule has 0 bridgehead atoms. The fourth-order valence-corrected chi connectivity index (χ4v) is 2.66. The van der Waals surface area contributed by atoms with Crippen molar-refractivity contribution < 1.29 is 14.6 Å². The van der Waals surface area contributed by atoms with Crippen LogP contribution in [-0.4, -0.2) is 38.8 Å². The minimum Gasteiger partial charge on any atom is -0.476 e. The van der Waals surface area contributed by atoms with E-state index in [1.807, 2.05) is 0 Å². The van der Waals surface area contributed by atoms with Crippen LogP contribution in [0.25, 0.3) is 0 Å². The van der Waals surface area contributed by atoms with Crippen molar-refractivity contribution in [2.45, 2.75) is 51.7 Å². The van der Waals surface area contributed by atoms with Crippen LogP contribution >= 0.6 is 0 Å². The van der Waals surface area contributed by atoms with Crippen LogP contribution in [0, 0.1) is 5.92 Å². The van der Waals surface area contributed by atoms with Crippen molar-refractivity contribution >= 4 is 5.97 Å². The molecule has 1 aliphatic rings. The molecule has 0 amide bonds. The second-order valence-corrected chi connectivity index (χ2v) is 5.03. The number of carboxylic acid groups (broad SMARTS) is 1. The van der Waals surface area contributed by atoms with Gasteiger partial charge in [0.05, 0.1) is 25.5 Å². The lowest BCUT2D eigenvalue weighted by atomic mass is 9.85. The Morgan fingerprint density at radius 3 is 3.00 bits per heavy atom. The number of rotatable bonds is 6. The molecular formula is C13H21N3O3. The van der Waals surface area contributed by atoms with Crippen LogP contribution in [0.15, 0.2) is 6.20 Å². The second kappa shape index (κ2) is 6.65. The monoisotopic (exact) mass is 267 g/mol. The zero-order valence-corrected chi connectivity index (χ0v) is 11.3.